The van der Waals surface area contributed by atoms with E-state index in [0.29, 0.717) is 6.61 Å². The highest BCUT2D eigenvalue weighted by molar-refractivity contribution is 5.73. The zero-order valence-electron chi connectivity index (χ0n) is 10.4. The fraction of sp³-hybridized carbons (Fsp3) is 0.429. The predicted octanol–water partition coefficient (Wildman–Crippen LogP) is 2.49. The van der Waals surface area contributed by atoms with Crippen LogP contribution in [0.2, 0.25) is 0 Å². The van der Waals surface area contributed by atoms with Gasteiger partial charge < -0.3 is 9.14 Å². The van der Waals surface area contributed by atoms with Gasteiger partial charge in [-0.3, -0.25) is 4.79 Å². The minimum absolute atomic E-state index is 0.0634. The molecule has 1 fully saturated rings. The van der Waals surface area contributed by atoms with Crippen molar-refractivity contribution in [1.29, 1.82) is 0 Å². The quantitative estimate of drug-likeness (QED) is 0.779. The van der Waals surface area contributed by atoms with Gasteiger partial charge in [-0.05, 0) is 31.9 Å². The molecule has 0 saturated heterocycles. The van der Waals surface area contributed by atoms with Gasteiger partial charge in [-0.1, -0.05) is 12.5 Å². The van der Waals surface area contributed by atoms with Crippen molar-refractivity contribution in [3.05, 3.63) is 35.8 Å². The Labute approximate surface area is 106 Å². The molecular weight excluding hydrogens is 228 g/mol. The predicted molar refractivity (Wildman–Crippen MR) is 67.1 cm³/mol. The summed E-state index contributed by atoms with van der Waals surface area (Å²) in [5.74, 6) is 0.0658. The third-order valence-electron chi connectivity index (χ3n) is 3.62. The fourth-order valence-electron chi connectivity index (χ4n) is 2.24. The van der Waals surface area contributed by atoms with Crippen molar-refractivity contribution >= 4 is 11.6 Å². The number of pyridine rings is 1. The Balaban J connectivity index is 1.77. The van der Waals surface area contributed by atoms with Gasteiger partial charge in [0.25, 0.3) is 0 Å². The molecule has 1 aliphatic carbocycles. The first-order valence-corrected chi connectivity index (χ1v) is 6.35. The van der Waals surface area contributed by atoms with Gasteiger partial charge in [0.1, 0.15) is 12.3 Å². The van der Waals surface area contributed by atoms with Gasteiger partial charge >= 0.3 is 5.97 Å². The summed E-state index contributed by atoms with van der Waals surface area (Å²) in [6, 6.07) is 5.85. The van der Waals surface area contributed by atoms with E-state index in [4.69, 9.17) is 4.74 Å². The van der Waals surface area contributed by atoms with E-state index in [1.165, 1.54) is 0 Å². The van der Waals surface area contributed by atoms with Gasteiger partial charge in [0, 0.05) is 6.20 Å². The first-order valence-electron chi connectivity index (χ1n) is 6.35. The number of carbonyl (C=O) groups excluding carboxylic acids is 1. The van der Waals surface area contributed by atoms with Crippen LogP contribution in [0.15, 0.2) is 24.4 Å². The van der Waals surface area contributed by atoms with Gasteiger partial charge in [0.2, 0.25) is 0 Å². The first kappa shape index (κ1) is 11.3. The van der Waals surface area contributed by atoms with Crippen LogP contribution >= 0.6 is 0 Å². The van der Waals surface area contributed by atoms with Crippen molar-refractivity contribution < 1.29 is 9.53 Å². The van der Waals surface area contributed by atoms with Crippen LogP contribution in [0, 0.1) is 12.8 Å². The lowest BCUT2D eigenvalue weighted by atomic mass is 9.86. The Morgan fingerprint density at radius 2 is 2.33 bits per heavy atom. The van der Waals surface area contributed by atoms with Crippen molar-refractivity contribution in [3.63, 3.8) is 0 Å². The monoisotopic (exact) mass is 244 g/mol. The van der Waals surface area contributed by atoms with E-state index in [2.05, 4.69) is 4.98 Å². The fourth-order valence-corrected chi connectivity index (χ4v) is 2.24. The second kappa shape index (κ2) is 4.44. The minimum atomic E-state index is -0.0634. The van der Waals surface area contributed by atoms with Crippen molar-refractivity contribution in [2.75, 3.05) is 0 Å². The molecule has 2 aromatic rings. The number of ether oxygens (including phenoxy) is 1. The standard InChI is InChI=1S/C14H16N2O2/c1-10-12(9-18-14(17)11-5-4-6-11)16-8-3-2-7-13(16)15-10/h2-3,7-8,11H,4-6,9H2,1H3. The van der Waals surface area contributed by atoms with E-state index in [9.17, 15) is 4.79 Å². The van der Waals surface area contributed by atoms with Crippen molar-refractivity contribution in [3.8, 4) is 0 Å². The van der Waals surface area contributed by atoms with E-state index in [0.717, 1.165) is 36.3 Å². The smallest absolute Gasteiger partial charge is 0.309 e. The maximum absolute atomic E-state index is 11.7. The Bertz CT molecular complexity index is 584. The number of esters is 1. The van der Waals surface area contributed by atoms with E-state index in [1.807, 2.05) is 35.7 Å². The molecule has 18 heavy (non-hydrogen) atoms. The summed E-state index contributed by atoms with van der Waals surface area (Å²) >= 11 is 0. The Morgan fingerprint density at radius 3 is 3.06 bits per heavy atom. The largest absolute Gasteiger partial charge is 0.459 e. The number of rotatable bonds is 3. The van der Waals surface area contributed by atoms with E-state index < -0.39 is 0 Å². The lowest BCUT2D eigenvalue weighted by Gasteiger charge is -2.23. The van der Waals surface area contributed by atoms with Crippen molar-refractivity contribution in [2.45, 2.75) is 32.8 Å². The highest BCUT2D eigenvalue weighted by atomic mass is 16.5. The molecule has 1 saturated carbocycles. The number of carbonyl (C=O) groups is 1. The summed E-state index contributed by atoms with van der Waals surface area (Å²) in [6.45, 7) is 2.26. The topological polar surface area (TPSA) is 43.6 Å². The average Bonchev–Trinajstić information content (AvgIpc) is 2.60. The summed E-state index contributed by atoms with van der Waals surface area (Å²) in [6.07, 6.45) is 5.05. The third-order valence-corrected chi connectivity index (χ3v) is 3.62. The van der Waals surface area contributed by atoms with Crippen LogP contribution in [0.5, 0.6) is 0 Å². The van der Waals surface area contributed by atoms with Gasteiger partial charge in [0.15, 0.2) is 0 Å². The molecule has 0 spiro atoms. The molecule has 2 aromatic heterocycles. The van der Waals surface area contributed by atoms with E-state index >= 15 is 0 Å². The number of aryl methyl sites for hydroxylation is 1. The summed E-state index contributed by atoms with van der Waals surface area (Å²) in [4.78, 5) is 16.2. The lowest BCUT2D eigenvalue weighted by molar-refractivity contribution is -0.152. The molecule has 1 aliphatic rings. The molecule has 2 heterocycles. The number of nitrogens with zero attached hydrogens (tertiary/aromatic N) is 2. The molecule has 3 rings (SSSR count). The van der Waals surface area contributed by atoms with Gasteiger partial charge in [-0.2, -0.15) is 0 Å². The molecule has 0 bridgehead atoms. The molecule has 4 nitrogen and oxygen atoms in total. The molecule has 0 atom stereocenters. The number of imidazole rings is 1. The summed E-state index contributed by atoms with van der Waals surface area (Å²) in [5.41, 5.74) is 2.77. The lowest BCUT2D eigenvalue weighted by Crippen LogP contribution is -2.24. The summed E-state index contributed by atoms with van der Waals surface area (Å²) < 4.78 is 7.36. The normalized spacial score (nSPS) is 15.6. The summed E-state index contributed by atoms with van der Waals surface area (Å²) in [5, 5.41) is 0. The van der Waals surface area contributed by atoms with Gasteiger partial charge in [-0.15, -0.1) is 0 Å². The average molecular weight is 244 g/mol. The maximum atomic E-state index is 11.7. The first-order chi connectivity index (χ1) is 8.75. The van der Waals surface area contributed by atoms with Gasteiger partial charge in [-0.25, -0.2) is 4.98 Å². The van der Waals surface area contributed by atoms with Crippen LogP contribution < -0.4 is 0 Å². The number of fused-ring (bicyclic) bond motifs is 1. The van der Waals surface area contributed by atoms with Crippen LogP contribution in [-0.4, -0.2) is 15.4 Å². The maximum Gasteiger partial charge on any atom is 0.309 e. The Hall–Kier alpha value is -1.84. The van der Waals surface area contributed by atoms with Crippen LogP contribution in [0.25, 0.3) is 5.65 Å². The van der Waals surface area contributed by atoms with Crippen molar-refractivity contribution in [2.24, 2.45) is 5.92 Å². The van der Waals surface area contributed by atoms with Gasteiger partial charge in [0.05, 0.1) is 17.3 Å². The number of aromatic nitrogens is 2. The molecule has 4 heteroatoms. The molecular formula is C14H16N2O2. The molecule has 0 unspecified atom stereocenters. The second-order valence-corrected chi connectivity index (χ2v) is 4.81. The third kappa shape index (κ3) is 1.88. The van der Waals surface area contributed by atoms with Crippen molar-refractivity contribution in [1.82, 2.24) is 9.38 Å². The Kier molecular flexibility index (Phi) is 2.78. The second-order valence-electron chi connectivity index (χ2n) is 4.81. The number of hydrogen-bond acceptors (Lipinski definition) is 3. The molecule has 0 aromatic carbocycles. The summed E-state index contributed by atoms with van der Waals surface area (Å²) in [7, 11) is 0. The molecule has 0 amide bonds. The molecule has 94 valence electrons. The van der Waals surface area contributed by atoms with E-state index in [-0.39, 0.29) is 11.9 Å². The zero-order chi connectivity index (χ0) is 12.5. The van der Waals surface area contributed by atoms with Crippen LogP contribution in [0.3, 0.4) is 0 Å². The minimum Gasteiger partial charge on any atom is -0.459 e. The molecule has 0 aliphatic heterocycles. The zero-order valence-corrected chi connectivity index (χ0v) is 10.4. The van der Waals surface area contributed by atoms with Crippen LogP contribution in [0.1, 0.15) is 30.7 Å². The number of hydrogen-bond donors (Lipinski definition) is 0. The highest BCUT2D eigenvalue weighted by Gasteiger charge is 2.27. The Morgan fingerprint density at radius 1 is 1.50 bits per heavy atom. The highest BCUT2D eigenvalue weighted by Crippen LogP contribution is 2.27. The van der Waals surface area contributed by atoms with Crippen LogP contribution in [0.4, 0.5) is 0 Å². The van der Waals surface area contributed by atoms with Crippen LogP contribution in [-0.2, 0) is 16.1 Å². The molecule has 0 radical (unpaired) electrons. The van der Waals surface area contributed by atoms with E-state index in [1.54, 1.807) is 0 Å². The molecule has 0 N–H and O–H groups in total. The SMILES string of the molecule is Cc1nc2ccccn2c1COC(=O)C1CCC1.